The minimum atomic E-state index is -0.237. The number of hydrogen-bond acceptors (Lipinski definition) is 3. The molecule has 0 aliphatic rings. The van der Waals surface area contributed by atoms with Crippen LogP contribution in [0, 0.1) is 12.3 Å². The zero-order valence-electron chi connectivity index (χ0n) is 14.4. The quantitative estimate of drug-likeness (QED) is 0.612. The molecule has 0 radical (unpaired) electrons. The number of methoxy groups -OCH3 is 1. The van der Waals surface area contributed by atoms with Gasteiger partial charge in [-0.3, -0.25) is 4.79 Å². The lowest BCUT2D eigenvalue weighted by atomic mass is 10.2. The van der Waals surface area contributed by atoms with E-state index in [0.717, 1.165) is 12.0 Å². The highest BCUT2D eigenvalue weighted by atomic mass is 16.5. The molecule has 0 aromatic heterocycles. The minimum absolute atomic E-state index is 0.237. The molecule has 4 heteroatoms. The Morgan fingerprint density at radius 2 is 2.08 bits per heavy atom. The molecule has 0 aliphatic heterocycles. The Balaban J connectivity index is 2.05. The molecule has 2 aromatic carbocycles. The van der Waals surface area contributed by atoms with Crippen LogP contribution in [0.4, 0.5) is 5.69 Å². The van der Waals surface area contributed by atoms with Gasteiger partial charge in [0.25, 0.3) is 0 Å². The second-order valence-electron chi connectivity index (χ2n) is 5.31. The summed E-state index contributed by atoms with van der Waals surface area (Å²) in [5.74, 6) is 3.63. The van der Waals surface area contributed by atoms with Crippen LogP contribution in [-0.4, -0.2) is 19.6 Å². The second-order valence-corrected chi connectivity index (χ2v) is 5.31. The average molecular weight is 335 g/mol. The number of nitrogens with one attached hydrogen (secondary N) is 1. The van der Waals surface area contributed by atoms with Gasteiger partial charge in [-0.25, -0.2) is 0 Å². The molecule has 25 heavy (non-hydrogen) atoms. The third kappa shape index (κ3) is 5.43. The van der Waals surface area contributed by atoms with Gasteiger partial charge in [-0.05, 0) is 48.4 Å². The molecule has 1 amide bonds. The first kappa shape index (κ1) is 18.2. The molecule has 0 fully saturated rings. The highest BCUT2D eigenvalue weighted by Crippen LogP contribution is 2.28. The SMILES string of the molecule is C#Cc1cccc(NC(=O)/C=C/c2ccc(OCCC)c(OC)c2)c1. The lowest BCUT2D eigenvalue weighted by Crippen LogP contribution is -2.07. The standard InChI is InChI=1S/C21H21NO3/c1-4-13-25-19-11-9-17(15-20(19)24-3)10-12-21(23)22-18-8-6-7-16(5-2)14-18/h2,6-12,14-15H,4,13H2,1,3H3,(H,22,23)/b12-10+. The van der Waals surface area contributed by atoms with Crippen molar-refractivity contribution in [3.63, 3.8) is 0 Å². The number of ether oxygens (including phenoxy) is 2. The maximum atomic E-state index is 12.0. The number of terminal acetylenes is 1. The molecule has 0 aliphatic carbocycles. The molecule has 2 aromatic rings. The fourth-order valence-corrected chi connectivity index (χ4v) is 2.16. The molecule has 0 spiro atoms. The molecule has 0 unspecified atom stereocenters. The largest absolute Gasteiger partial charge is 0.493 e. The van der Waals surface area contributed by atoms with Crippen LogP contribution >= 0.6 is 0 Å². The van der Waals surface area contributed by atoms with Crippen LogP contribution in [0.5, 0.6) is 11.5 Å². The summed E-state index contributed by atoms with van der Waals surface area (Å²) in [4.78, 5) is 12.0. The normalized spacial score (nSPS) is 10.3. The molecule has 1 N–H and O–H groups in total. The summed E-state index contributed by atoms with van der Waals surface area (Å²) >= 11 is 0. The Bertz CT molecular complexity index is 803. The average Bonchev–Trinajstić information content (AvgIpc) is 2.65. The van der Waals surface area contributed by atoms with Gasteiger partial charge in [0.2, 0.25) is 5.91 Å². The third-order valence-electron chi connectivity index (χ3n) is 3.37. The molecule has 2 rings (SSSR count). The van der Waals surface area contributed by atoms with Crippen molar-refractivity contribution in [2.75, 3.05) is 19.0 Å². The van der Waals surface area contributed by atoms with E-state index in [9.17, 15) is 4.79 Å². The number of carbonyl (C=O) groups excluding carboxylic acids is 1. The van der Waals surface area contributed by atoms with Crippen LogP contribution < -0.4 is 14.8 Å². The van der Waals surface area contributed by atoms with E-state index in [1.807, 2.05) is 25.1 Å². The molecule has 0 bridgehead atoms. The van der Waals surface area contributed by atoms with Crippen LogP contribution in [0.15, 0.2) is 48.5 Å². The van der Waals surface area contributed by atoms with Gasteiger partial charge < -0.3 is 14.8 Å². The van der Waals surface area contributed by atoms with E-state index in [1.54, 1.807) is 37.5 Å². The first-order valence-electron chi connectivity index (χ1n) is 8.03. The predicted octanol–water partition coefficient (Wildman–Crippen LogP) is 4.12. The number of rotatable bonds is 7. The summed E-state index contributed by atoms with van der Waals surface area (Å²) in [5, 5.41) is 2.78. The molecule has 4 nitrogen and oxygen atoms in total. The molecule has 0 heterocycles. The van der Waals surface area contributed by atoms with Crippen molar-refractivity contribution in [1.29, 1.82) is 0 Å². The van der Waals surface area contributed by atoms with Gasteiger partial charge in [0.1, 0.15) is 0 Å². The van der Waals surface area contributed by atoms with Crippen molar-refractivity contribution in [2.24, 2.45) is 0 Å². The first-order valence-corrected chi connectivity index (χ1v) is 8.03. The zero-order valence-corrected chi connectivity index (χ0v) is 14.4. The van der Waals surface area contributed by atoms with Crippen LogP contribution in [-0.2, 0) is 4.79 Å². The maximum Gasteiger partial charge on any atom is 0.248 e. The van der Waals surface area contributed by atoms with Crippen molar-refractivity contribution in [1.82, 2.24) is 0 Å². The van der Waals surface area contributed by atoms with Crippen molar-refractivity contribution in [2.45, 2.75) is 13.3 Å². The van der Waals surface area contributed by atoms with E-state index in [-0.39, 0.29) is 5.91 Å². The maximum absolute atomic E-state index is 12.0. The number of hydrogen-bond donors (Lipinski definition) is 1. The predicted molar refractivity (Wildman–Crippen MR) is 101 cm³/mol. The van der Waals surface area contributed by atoms with E-state index >= 15 is 0 Å². The Kier molecular flexibility index (Phi) is 6.67. The topological polar surface area (TPSA) is 47.6 Å². The fourth-order valence-electron chi connectivity index (χ4n) is 2.16. The van der Waals surface area contributed by atoms with E-state index in [4.69, 9.17) is 15.9 Å². The van der Waals surface area contributed by atoms with Crippen molar-refractivity contribution in [3.8, 4) is 23.8 Å². The van der Waals surface area contributed by atoms with Crippen LogP contribution in [0.1, 0.15) is 24.5 Å². The summed E-state index contributed by atoms with van der Waals surface area (Å²) < 4.78 is 10.9. The summed E-state index contributed by atoms with van der Waals surface area (Å²) in [6.07, 6.45) is 9.45. The molecular formula is C21H21NO3. The van der Waals surface area contributed by atoms with Gasteiger partial charge >= 0.3 is 0 Å². The Hall–Kier alpha value is -3.19. The molecule has 0 atom stereocenters. The molecular weight excluding hydrogens is 314 g/mol. The zero-order chi connectivity index (χ0) is 18.1. The Labute approximate surface area is 148 Å². The van der Waals surface area contributed by atoms with Gasteiger partial charge in [0, 0.05) is 17.3 Å². The van der Waals surface area contributed by atoms with Crippen LogP contribution in [0.3, 0.4) is 0 Å². The number of amides is 1. The van der Waals surface area contributed by atoms with Gasteiger partial charge in [-0.15, -0.1) is 6.42 Å². The van der Waals surface area contributed by atoms with E-state index < -0.39 is 0 Å². The molecule has 128 valence electrons. The Morgan fingerprint density at radius 3 is 2.80 bits per heavy atom. The van der Waals surface area contributed by atoms with Crippen molar-refractivity contribution < 1.29 is 14.3 Å². The highest BCUT2D eigenvalue weighted by molar-refractivity contribution is 6.02. The summed E-state index contributed by atoms with van der Waals surface area (Å²) in [6, 6.07) is 12.7. The number of carbonyl (C=O) groups is 1. The summed E-state index contributed by atoms with van der Waals surface area (Å²) in [5.41, 5.74) is 2.22. The summed E-state index contributed by atoms with van der Waals surface area (Å²) in [7, 11) is 1.59. The van der Waals surface area contributed by atoms with E-state index in [0.29, 0.717) is 29.4 Å². The van der Waals surface area contributed by atoms with Gasteiger partial charge in [-0.2, -0.15) is 0 Å². The second kappa shape index (κ2) is 9.19. The van der Waals surface area contributed by atoms with Crippen molar-refractivity contribution in [3.05, 3.63) is 59.7 Å². The van der Waals surface area contributed by atoms with E-state index in [2.05, 4.69) is 11.2 Å². The number of anilines is 1. The number of benzene rings is 2. The minimum Gasteiger partial charge on any atom is -0.493 e. The van der Waals surface area contributed by atoms with Gasteiger partial charge in [-0.1, -0.05) is 25.0 Å². The van der Waals surface area contributed by atoms with E-state index in [1.165, 1.54) is 6.08 Å². The molecule has 0 saturated heterocycles. The van der Waals surface area contributed by atoms with Gasteiger partial charge in [0.05, 0.1) is 13.7 Å². The fraction of sp³-hybridized carbons (Fsp3) is 0.190. The smallest absolute Gasteiger partial charge is 0.248 e. The van der Waals surface area contributed by atoms with Crippen LogP contribution in [0.2, 0.25) is 0 Å². The lowest BCUT2D eigenvalue weighted by Gasteiger charge is -2.10. The van der Waals surface area contributed by atoms with Crippen molar-refractivity contribution >= 4 is 17.7 Å². The first-order chi connectivity index (χ1) is 12.2. The van der Waals surface area contributed by atoms with Crippen LogP contribution in [0.25, 0.3) is 6.08 Å². The Morgan fingerprint density at radius 1 is 1.24 bits per heavy atom. The lowest BCUT2D eigenvalue weighted by molar-refractivity contribution is -0.111. The monoisotopic (exact) mass is 335 g/mol. The molecule has 0 saturated carbocycles. The highest BCUT2D eigenvalue weighted by Gasteiger charge is 2.05. The van der Waals surface area contributed by atoms with Gasteiger partial charge in [0.15, 0.2) is 11.5 Å². The summed E-state index contributed by atoms with van der Waals surface area (Å²) in [6.45, 7) is 2.67. The third-order valence-corrected chi connectivity index (χ3v) is 3.37.